The first-order chi connectivity index (χ1) is 13.4. The molecule has 0 radical (unpaired) electrons. The summed E-state index contributed by atoms with van der Waals surface area (Å²) in [5.74, 6) is 1.69. The van der Waals surface area contributed by atoms with E-state index < -0.39 is 10.2 Å². The van der Waals surface area contributed by atoms with Gasteiger partial charge in [0.05, 0.1) is 0 Å². The van der Waals surface area contributed by atoms with E-state index in [1.165, 1.54) is 8.61 Å². The highest BCUT2D eigenvalue weighted by Gasteiger charge is 2.28. The van der Waals surface area contributed by atoms with Crippen molar-refractivity contribution >= 4 is 16.5 Å². The van der Waals surface area contributed by atoms with Crippen LogP contribution < -0.4 is 4.74 Å². The molecule has 1 aromatic heterocycles. The third-order valence-electron chi connectivity index (χ3n) is 4.68. The molecule has 0 amide bonds. The summed E-state index contributed by atoms with van der Waals surface area (Å²) in [7, 11) is -0.233. The monoisotopic (exact) mass is 407 g/mol. The van der Waals surface area contributed by atoms with Gasteiger partial charge in [-0.3, -0.25) is 9.69 Å². The van der Waals surface area contributed by atoms with Crippen LogP contribution in [0.4, 0.5) is 0 Å². The standard InChI is InChI=1S/C19H25N3O5S/c1-20(2)28(24,25)22-11-9-21(10-12-22)13-14-26-17-5-3-16(4-6-17)19-8-7-18(15-23)27-19/h3-8,15H,9-14H2,1-2H3. The number of benzene rings is 1. The number of hydrogen-bond donors (Lipinski definition) is 0. The molecule has 0 spiro atoms. The molecular weight excluding hydrogens is 382 g/mol. The molecule has 0 N–H and O–H groups in total. The van der Waals surface area contributed by atoms with Crippen LogP contribution in [0.2, 0.25) is 0 Å². The minimum absolute atomic E-state index is 0.300. The van der Waals surface area contributed by atoms with Crippen molar-refractivity contribution in [3.8, 4) is 17.1 Å². The molecule has 0 atom stereocenters. The molecule has 152 valence electrons. The van der Waals surface area contributed by atoms with Crippen molar-refractivity contribution in [2.75, 3.05) is 53.4 Å². The van der Waals surface area contributed by atoms with Gasteiger partial charge in [0.2, 0.25) is 0 Å². The van der Waals surface area contributed by atoms with E-state index in [4.69, 9.17) is 9.15 Å². The zero-order valence-electron chi connectivity index (χ0n) is 16.1. The first kappa shape index (κ1) is 20.5. The molecule has 0 saturated carbocycles. The maximum absolute atomic E-state index is 12.1. The van der Waals surface area contributed by atoms with Gasteiger partial charge >= 0.3 is 0 Å². The number of carbonyl (C=O) groups is 1. The Kier molecular flexibility index (Phi) is 6.50. The van der Waals surface area contributed by atoms with E-state index >= 15 is 0 Å². The van der Waals surface area contributed by atoms with Gasteiger partial charge in [0.15, 0.2) is 12.0 Å². The number of hydrogen-bond acceptors (Lipinski definition) is 6. The van der Waals surface area contributed by atoms with Crippen LogP contribution in [0, 0.1) is 0 Å². The van der Waals surface area contributed by atoms with E-state index in [-0.39, 0.29) is 0 Å². The van der Waals surface area contributed by atoms with Crippen LogP contribution in [-0.2, 0) is 10.2 Å². The highest BCUT2D eigenvalue weighted by molar-refractivity contribution is 7.86. The highest BCUT2D eigenvalue weighted by Crippen LogP contribution is 2.24. The fourth-order valence-electron chi connectivity index (χ4n) is 2.99. The molecule has 1 aromatic carbocycles. The zero-order chi connectivity index (χ0) is 20.1. The first-order valence-electron chi connectivity index (χ1n) is 9.08. The number of furan rings is 1. The van der Waals surface area contributed by atoms with Gasteiger partial charge in [-0.2, -0.15) is 17.0 Å². The second kappa shape index (κ2) is 8.87. The number of rotatable bonds is 8. The summed E-state index contributed by atoms with van der Waals surface area (Å²) in [4.78, 5) is 12.9. The van der Waals surface area contributed by atoms with Crippen molar-refractivity contribution < 1.29 is 22.4 Å². The predicted octanol–water partition coefficient (Wildman–Crippen LogP) is 1.56. The Labute approximate surface area is 165 Å². The number of carbonyl (C=O) groups excluding carboxylic acids is 1. The van der Waals surface area contributed by atoms with Crippen molar-refractivity contribution in [1.82, 2.24) is 13.5 Å². The van der Waals surface area contributed by atoms with Crippen molar-refractivity contribution in [3.05, 3.63) is 42.2 Å². The molecular formula is C19H25N3O5S. The lowest BCUT2D eigenvalue weighted by Crippen LogP contribution is -2.52. The molecule has 8 nitrogen and oxygen atoms in total. The number of aldehydes is 1. The SMILES string of the molecule is CN(C)S(=O)(=O)N1CCN(CCOc2ccc(-c3ccc(C=O)o3)cc2)CC1. The van der Waals surface area contributed by atoms with Gasteiger partial charge in [0.1, 0.15) is 18.1 Å². The predicted molar refractivity (Wildman–Crippen MR) is 106 cm³/mol. The van der Waals surface area contributed by atoms with Gasteiger partial charge in [-0.05, 0) is 36.4 Å². The molecule has 1 aliphatic rings. The molecule has 1 saturated heterocycles. The van der Waals surface area contributed by atoms with Gasteiger partial charge in [-0.15, -0.1) is 0 Å². The van der Waals surface area contributed by atoms with Gasteiger partial charge in [-0.25, -0.2) is 0 Å². The molecule has 2 heterocycles. The van der Waals surface area contributed by atoms with Gasteiger partial charge in [0, 0.05) is 52.4 Å². The lowest BCUT2D eigenvalue weighted by Gasteiger charge is -2.34. The summed E-state index contributed by atoms with van der Waals surface area (Å²) in [5, 5.41) is 0. The van der Waals surface area contributed by atoms with Crippen LogP contribution in [0.3, 0.4) is 0 Å². The van der Waals surface area contributed by atoms with Crippen molar-refractivity contribution in [2.24, 2.45) is 0 Å². The largest absolute Gasteiger partial charge is 0.492 e. The Bertz CT molecular complexity index is 885. The maximum Gasteiger partial charge on any atom is 0.281 e. The molecule has 3 rings (SSSR count). The fraction of sp³-hybridized carbons (Fsp3) is 0.421. The van der Waals surface area contributed by atoms with Crippen molar-refractivity contribution in [1.29, 1.82) is 0 Å². The lowest BCUT2D eigenvalue weighted by molar-refractivity contribution is 0.110. The molecule has 0 bridgehead atoms. The van der Waals surface area contributed by atoms with E-state index in [9.17, 15) is 13.2 Å². The molecule has 2 aromatic rings. The lowest BCUT2D eigenvalue weighted by atomic mass is 10.2. The molecule has 1 fully saturated rings. The summed E-state index contributed by atoms with van der Waals surface area (Å²) < 4.78 is 38.2. The molecule has 9 heteroatoms. The van der Waals surface area contributed by atoms with E-state index in [0.29, 0.717) is 50.6 Å². The Morgan fingerprint density at radius 1 is 1.07 bits per heavy atom. The normalized spacial score (nSPS) is 16.4. The summed E-state index contributed by atoms with van der Waals surface area (Å²) in [5.41, 5.74) is 0.874. The Hall–Kier alpha value is -2.20. The van der Waals surface area contributed by atoms with Crippen LogP contribution in [0.25, 0.3) is 11.3 Å². The molecule has 0 aliphatic carbocycles. The van der Waals surface area contributed by atoms with Crippen molar-refractivity contribution in [3.63, 3.8) is 0 Å². The second-order valence-electron chi connectivity index (χ2n) is 6.72. The van der Waals surface area contributed by atoms with E-state index in [1.54, 1.807) is 26.2 Å². The van der Waals surface area contributed by atoms with Crippen LogP contribution >= 0.6 is 0 Å². The van der Waals surface area contributed by atoms with E-state index in [0.717, 1.165) is 17.9 Å². The van der Waals surface area contributed by atoms with Crippen molar-refractivity contribution in [2.45, 2.75) is 0 Å². The average molecular weight is 407 g/mol. The fourth-order valence-corrected chi connectivity index (χ4v) is 4.08. The Morgan fingerprint density at radius 2 is 1.75 bits per heavy atom. The van der Waals surface area contributed by atoms with Gasteiger partial charge in [-0.1, -0.05) is 0 Å². The topological polar surface area (TPSA) is 83.3 Å². The summed E-state index contributed by atoms with van der Waals surface area (Å²) in [6.07, 6.45) is 0.677. The average Bonchev–Trinajstić information content (AvgIpc) is 3.18. The zero-order valence-corrected chi connectivity index (χ0v) is 16.9. The van der Waals surface area contributed by atoms with E-state index in [2.05, 4.69) is 4.90 Å². The minimum Gasteiger partial charge on any atom is -0.492 e. The molecule has 1 aliphatic heterocycles. The Morgan fingerprint density at radius 3 is 2.32 bits per heavy atom. The number of ether oxygens (including phenoxy) is 1. The third kappa shape index (κ3) is 4.79. The Balaban J connectivity index is 1.44. The smallest absolute Gasteiger partial charge is 0.281 e. The second-order valence-corrected chi connectivity index (χ2v) is 8.87. The quantitative estimate of drug-likeness (QED) is 0.618. The molecule has 0 unspecified atom stereocenters. The van der Waals surface area contributed by atoms with Crippen LogP contribution in [-0.4, -0.2) is 81.6 Å². The van der Waals surface area contributed by atoms with Gasteiger partial charge in [0.25, 0.3) is 10.2 Å². The van der Waals surface area contributed by atoms with Crippen LogP contribution in [0.1, 0.15) is 10.6 Å². The third-order valence-corrected chi connectivity index (χ3v) is 6.62. The van der Waals surface area contributed by atoms with Crippen LogP contribution in [0.5, 0.6) is 5.75 Å². The first-order valence-corrected chi connectivity index (χ1v) is 10.5. The number of piperazine rings is 1. The van der Waals surface area contributed by atoms with Gasteiger partial charge < -0.3 is 9.15 Å². The summed E-state index contributed by atoms with van der Waals surface area (Å²) in [6, 6.07) is 10.9. The summed E-state index contributed by atoms with van der Waals surface area (Å²) >= 11 is 0. The summed E-state index contributed by atoms with van der Waals surface area (Å²) in [6.45, 7) is 3.61. The highest BCUT2D eigenvalue weighted by atomic mass is 32.2. The molecule has 28 heavy (non-hydrogen) atoms. The number of nitrogens with zero attached hydrogens (tertiary/aromatic N) is 3. The maximum atomic E-state index is 12.1. The minimum atomic E-state index is -3.33. The van der Waals surface area contributed by atoms with Crippen LogP contribution in [0.15, 0.2) is 40.8 Å². The van der Waals surface area contributed by atoms with E-state index in [1.807, 2.05) is 24.3 Å².